The van der Waals surface area contributed by atoms with Crippen LogP contribution in [0, 0.1) is 0 Å². The van der Waals surface area contributed by atoms with Crippen molar-refractivity contribution in [1.82, 2.24) is 15.1 Å². The van der Waals surface area contributed by atoms with Crippen LogP contribution in [0.4, 0.5) is 4.79 Å². The third kappa shape index (κ3) is 5.68. The van der Waals surface area contributed by atoms with Crippen LogP contribution in [0.5, 0.6) is 0 Å². The number of nitrogens with zero attached hydrogens (tertiary/aromatic N) is 2. The van der Waals surface area contributed by atoms with E-state index in [1.165, 1.54) is 24.8 Å². The van der Waals surface area contributed by atoms with E-state index in [2.05, 4.69) is 48.6 Å². The van der Waals surface area contributed by atoms with Crippen LogP contribution in [0.25, 0.3) is 0 Å². The van der Waals surface area contributed by atoms with Gasteiger partial charge in [0.1, 0.15) is 0 Å². The van der Waals surface area contributed by atoms with Gasteiger partial charge in [-0.25, -0.2) is 4.79 Å². The first-order valence-corrected chi connectivity index (χ1v) is 8.40. The van der Waals surface area contributed by atoms with Crippen LogP contribution in [0.2, 0.25) is 0 Å². The van der Waals surface area contributed by atoms with Crippen molar-refractivity contribution in [1.29, 1.82) is 0 Å². The Labute approximate surface area is 134 Å². The molecule has 4 nitrogen and oxygen atoms in total. The Balaban J connectivity index is 1.79. The maximum absolute atomic E-state index is 12.3. The first kappa shape index (κ1) is 16.8. The van der Waals surface area contributed by atoms with Crippen LogP contribution in [0.3, 0.4) is 0 Å². The van der Waals surface area contributed by atoms with E-state index in [0.717, 1.165) is 38.0 Å². The number of hydrogen-bond acceptors (Lipinski definition) is 2. The Morgan fingerprint density at radius 3 is 2.14 bits per heavy atom. The van der Waals surface area contributed by atoms with E-state index in [4.69, 9.17) is 0 Å². The van der Waals surface area contributed by atoms with E-state index < -0.39 is 0 Å². The molecule has 0 radical (unpaired) electrons. The summed E-state index contributed by atoms with van der Waals surface area (Å²) in [5.74, 6) is 0. The molecule has 1 aliphatic heterocycles. The van der Waals surface area contributed by atoms with Gasteiger partial charge in [-0.1, -0.05) is 43.5 Å². The van der Waals surface area contributed by atoms with E-state index in [-0.39, 0.29) is 6.03 Å². The molecule has 0 aliphatic carbocycles. The number of nitrogens with one attached hydrogen (secondary N) is 1. The molecule has 0 unspecified atom stereocenters. The van der Waals surface area contributed by atoms with Crippen molar-refractivity contribution < 1.29 is 4.79 Å². The Kier molecular flexibility index (Phi) is 6.72. The number of amides is 2. The number of carbonyl (C=O) groups is 1. The second-order valence-corrected chi connectivity index (χ2v) is 6.47. The molecule has 1 heterocycles. The fourth-order valence-corrected chi connectivity index (χ4v) is 2.87. The molecule has 2 rings (SSSR count). The molecule has 22 heavy (non-hydrogen) atoms. The van der Waals surface area contributed by atoms with Gasteiger partial charge in [-0.2, -0.15) is 0 Å². The Hall–Kier alpha value is -1.55. The van der Waals surface area contributed by atoms with Gasteiger partial charge in [0.15, 0.2) is 0 Å². The summed E-state index contributed by atoms with van der Waals surface area (Å²) < 4.78 is 0. The smallest absolute Gasteiger partial charge is 0.317 e. The second kappa shape index (κ2) is 8.79. The number of rotatable bonds is 4. The lowest BCUT2D eigenvalue weighted by atomic mass is 10.1. The fourth-order valence-electron chi connectivity index (χ4n) is 2.87. The van der Waals surface area contributed by atoms with Gasteiger partial charge >= 0.3 is 6.03 Å². The van der Waals surface area contributed by atoms with Gasteiger partial charge in [0.25, 0.3) is 0 Å². The number of likely N-dealkylation sites (tertiary alicyclic amines) is 1. The van der Waals surface area contributed by atoms with Crippen LogP contribution in [0.15, 0.2) is 24.3 Å². The van der Waals surface area contributed by atoms with Gasteiger partial charge in [0.2, 0.25) is 0 Å². The summed E-state index contributed by atoms with van der Waals surface area (Å²) in [4.78, 5) is 16.4. The molecule has 122 valence electrons. The van der Waals surface area contributed by atoms with Gasteiger partial charge in [-0.05, 0) is 38.1 Å². The lowest BCUT2D eigenvalue weighted by molar-refractivity contribution is 0.192. The second-order valence-electron chi connectivity index (χ2n) is 6.47. The van der Waals surface area contributed by atoms with Crippen molar-refractivity contribution >= 4 is 6.03 Å². The Morgan fingerprint density at radius 1 is 1.00 bits per heavy atom. The molecule has 1 N–H and O–H groups in total. The van der Waals surface area contributed by atoms with E-state index in [1.807, 2.05) is 4.90 Å². The minimum Gasteiger partial charge on any atom is -0.334 e. The normalized spacial score (nSPS) is 16.2. The van der Waals surface area contributed by atoms with Crippen LogP contribution in [-0.2, 0) is 13.1 Å². The van der Waals surface area contributed by atoms with Gasteiger partial charge in [-0.15, -0.1) is 0 Å². The molecule has 0 aromatic heterocycles. The number of benzene rings is 1. The molecular weight excluding hydrogens is 274 g/mol. The highest BCUT2D eigenvalue weighted by atomic mass is 16.2. The van der Waals surface area contributed by atoms with Crippen molar-refractivity contribution in [3.63, 3.8) is 0 Å². The van der Waals surface area contributed by atoms with Crippen molar-refractivity contribution in [3.8, 4) is 0 Å². The van der Waals surface area contributed by atoms with Gasteiger partial charge in [0, 0.05) is 26.2 Å². The van der Waals surface area contributed by atoms with E-state index in [1.54, 1.807) is 0 Å². The van der Waals surface area contributed by atoms with Gasteiger partial charge < -0.3 is 15.1 Å². The zero-order valence-corrected chi connectivity index (χ0v) is 14.0. The standard InChI is InChI=1S/C18H29N3O/c1-20(2)15-17-10-8-16(9-11-17)14-19-18(22)21-12-6-4-3-5-7-13-21/h8-11H,3-7,12-15H2,1-2H3,(H,19,22). The maximum Gasteiger partial charge on any atom is 0.317 e. The Morgan fingerprint density at radius 2 is 1.55 bits per heavy atom. The lowest BCUT2D eigenvalue weighted by Gasteiger charge is -2.25. The monoisotopic (exact) mass is 303 g/mol. The first-order valence-electron chi connectivity index (χ1n) is 8.40. The largest absolute Gasteiger partial charge is 0.334 e. The van der Waals surface area contributed by atoms with Crippen LogP contribution >= 0.6 is 0 Å². The molecule has 1 fully saturated rings. The molecule has 0 atom stereocenters. The average molecular weight is 303 g/mol. The summed E-state index contributed by atoms with van der Waals surface area (Å²) in [6.07, 6.45) is 6.07. The zero-order valence-electron chi connectivity index (χ0n) is 14.0. The Bertz CT molecular complexity index is 448. The molecule has 1 aromatic carbocycles. The molecule has 0 spiro atoms. The van der Waals surface area contributed by atoms with E-state index in [9.17, 15) is 4.79 Å². The molecule has 1 saturated heterocycles. The lowest BCUT2D eigenvalue weighted by Crippen LogP contribution is -2.41. The molecule has 1 aliphatic rings. The third-order valence-electron chi connectivity index (χ3n) is 4.11. The number of hydrogen-bond donors (Lipinski definition) is 1. The fraction of sp³-hybridized carbons (Fsp3) is 0.611. The molecule has 1 aromatic rings. The summed E-state index contributed by atoms with van der Waals surface area (Å²) in [6.45, 7) is 3.35. The quantitative estimate of drug-likeness (QED) is 0.927. The highest BCUT2D eigenvalue weighted by Crippen LogP contribution is 2.11. The van der Waals surface area contributed by atoms with Crippen LogP contribution in [-0.4, -0.2) is 43.0 Å². The first-order chi connectivity index (χ1) is 10.6. The maximum atomic E-state index is 12.3. The van der Waals surface area contributed by atoms with Crippen molar-refractivity contribution in [2.24, 2.45) is 0 Å². The average Bonchev–Trinajstić information content (AvgIpc) is 2.45. The van der Waals surface area contributed by atoms with E-state index in [0.29, 0.717) is 6.54 Å². The number of urea groups is 1. The zero-order chi connectivity index (χ0) is 15.8. The molecule has 0 saturated carbocycles. The van der Waals surface area contributed by atoms with Crippen molar-refractivity contribution in [2.75, 3.05) is 27.2 Å². The molecule has 2 amide bonds. The topological polar surface area (TPSA) is 35.6 Å². The summed E-state index contributed by atoms with van der Waals surface area (Å²) in [5, 5.41) is 3.05. The van der Waals surface area contributed by atoms with E-state index >= 15 is 0 Å². The van der Waals surface area contributed by atoms with Crippen molar-refractivity contribution in [3.05, 3.63) is 35.4 Å². The summed E-state index contributed by atoms with van der Waals surface area (Å²) in [7, 11) is 4.13. The van der Waals surface area contributed by atoms with Crippen LogP contribution < -0.4 is 5.32 Å². The molecular formula is C18H29N3O. The molecule has 4 heteroatoms. The third-order valence-corrected chi connectivity index (χ3v) is 4.11. The summed E-state index contributed by atoms with van der Waals surface area (Å²) in [5.41, 5.74) is 2.45. The molecule has 0 bridgehead atoms. The van der Waals surface area contributed by atoms with Gasteiger partial charge in [-0.3, -0.25) is 0 Å². The van der Waals surface area contributed by atoms with Gasteiger partial charge in [0.05, 0.1) is 0 Å². The predicted octanol–water partition coefficient (Wildman–Crippen LogP) is 3.22. The highest BCUT2D eigenvalue weighted by molar-refractivity contribution is 5.74. The van der Waals surface area contributed by atoms with Crippen molar-refractivity contribution in [2.45, 2.75) is 45.2 Å². The highest BCUT2D eigenvalue weighted by Gasteiger charge is 2.14. The van der Waals surface area contributed by atoms with Crippen LogP contribution in [0.1, 0.15) is 43.2 Å². The summed E-state index contributed by atoms with van der Waals surface area (Å²) >= 11 is 0. The minimum absolute atomic E-state index is 0.0827. The number of carbonyl (C=O) groups excluding carboxylic acids is 1. The summed E-state index contributed by atoms with van der Waals surface area (Å²) in [6, 6.07) is 8.56. The predicted molar refractivity (Wildman–Crippen MR) is 90.7 cm³/mol. The SMILES string of the molecule is CN(C)Cc1ccc(CNC(=O)N2CCCCCCC2)cc1. The minimum atomic E-state index is 0.0827.